The molecule has 2 aromatic rings. The number of hydrogen-bond donors (Lipinski definition) is 1. The van der Waals surface area contributed by atoms with Gasteiger partial charge in [-0.25, -0.2) is 4.39 Å². The Balaban J connectivity index is 1.65. The first-order valence-electron chi connectivity index (χ1n) is 8.96. The molecule has 5 heteroatoms. The zero-order valence-corrected chi connectivity index (χ0v) is 15.1. The number of nitrogens with zero attached hydrogens (tertiary/aromatic N) is 1. The van der Waals surface area contributed by atoms with Gasteiger partial charge in [-0.3, -0.25) is 4.79 Å². The number of benzene rings is 2. The Labute approximate surface area is 157 Å². The molecule has 136 valence electrons. The Bertz CT molecular complexity index is 828. The van der Waals surface area contributed by atoms with Crippen molar-refractivity contribution in [2.24, 2.45) is 5.41 Å². The van der Waals surface area contributed by atoms with Gasteiger partial charge in [-0.05, 0) is 49.4 Å². The van der Waals surface area contributed by atoms with Crippen molar-refractivity contribution >= 4 is 17.5 Å². The summed E-state index contributed by atoms with van der Waals surface area (Å²) in [4.78, 5) is 15.0. The van der Waals surface area contributed by atoms with E-state index < -0.39 is 5.82 Å². The molecular formula is C21H21ClFNO2. The second kappa shape index (κ2) is 6.67. The van der Waals surface area contributed by atoms with Crippen molar-refractivity contribution in [3.63, 3.8) is 0 Å². The number of rotatable bonds is 4. The molecule has 1 N–H and O–H groups in total. The largest absolute Gasteiger partial charge is 0.396 e. The maximum Gasteiger partial charge on any atom is 0.255 e. The second-order valence-corrected chi connectivity index (χ2v) is 7.88. The van der Waals surface area contributed by atoms with Crippen LogP contribution >= 0.6 is 11.6 Å². The molecule has 0 saturated carbocycles. The van der Waals surface area contributed by atoms with Crippen LogP contribution in [0.1, 0.15) is 35.2 Å². The van der Waals surface area contributed by atoms with Crippen molar-refractivity contribution in [1.29, 1.82) is 0 Å². The average Bonchev–Trinajstić information content (AvgIpc) is 3.20. The summed E-state index contributed by atoms with van der Waals surface area (Å²) in [6.07, 6.45) is 3.27. The van der Waals surface area contributed by atoms with Crippen LogP contribution in [0.5, 0.6) is 0 Å². The summed E-state index contributed by atoms with van der Waals surface area (Å²) >= 11 is 6.16. The van der Waals surface area contributed by atoms with E-state index in [1.807, 2.05) is 23.1 Å². The van der Waals surface area contributed by atoms with Crippen molar-refractivity contribution in [2.45, 2.75) is 37.8 Å². The van der Waals surface area contributed by atoms with E-state index >= 15 is 0 Å². The highest BCUT2D eigenvalue weighted by molar-refractivity contribution is 6.33. The summed E-state index contributed by atoms with van der Waals surface area (Å²) in [5.41, 5.74) is 1.02. The molecule has 1 amide bonds. The highest BCUT2D eigenvalue weighted by atomic mass is 35.5. The fourth-order valence-electron chi connectivity index (χ4n) is 4.82. The molecule has 2 aliphatic heterocycles. The minimum atomic E-state index is -0.470. The van der Waals surface area contributed by atoms with E-state index in [0.717, 1.165) is 31.2 Å². The van der Waals surface area contributed by atoms with Gasteiger partial charge in [0.1, 0.15) is 5.82 Å². The number of carbonyl (C=O) groups excluding carboxylic acids is 1. The van der Waals surface area contributed by atoms with Gasteiger partial charge in [0.25, 0.3) is 5.91 Å². The lowest BCUT2D eigenvalue weighted by Gasteiger charge is -2.36. The van der Waals surface area contributed by atoms with Crippen LogP contribution in [0.2, 0.25) is 5.02 Å². The molecule has 2 aliphatic rings. The molecule has 2 saturated heterocycles. The summed E-state index contributed by atoms with van der Waals surface area (Å²) in [7, 11) is 0. The summed E-state index contributed by atoms with van der Waals surface area (Å²) in [5, 5.41) is 10.5. The van der Waals surface area contributed by atoms with Crippen molar-refractivity contribution in [2.75, 3.05) is 6.61 Å². The molecule has 0 aromatic heterocycles. The standard InChI is InChI=1S/C21H21ClFNO2/c22-18-8-6-15(23)10-17(18)20(26)24-16-7-9-19(24)21(12-16,13-25)11-14-4-2-1-3-5-14/h1-6,8,10,16,19,25H,7,9,11-13H2/t16-,19+,21-/m0/s1. The van der Waals surface area contributed by atoms with Crippen LogP contribution in [-0.2, 0) is 6.42 Å². The normalized spacial score (nSPS) is 27.1. The van der Waals surface area contributed by atoms with Gasteiger partial charge in [-0.15, -0.1) is 0 Å². The molecule has 0 radical (unpaired) electrons. The molecule has 2 heterocycles. The van der Waals surface area contributed by atoms with Gasteiger partial charge in [0.15, 0.2) is 0 Å². The number of halogens is 2. The van der Waals surface area contributed by atoms with Crippen molar-refractivity contribution in [1.82, 2.24) is 4.90 Å². The summed E-state index contributed by atoms with van der Waals surface area (Å²) in [6, 6.07) is 14.0. The van der Waals surface area contributed by atoms with Crippen molar-refractivity contribution < 1.29 is 14.3 Å². The SMILES string of the molecule is O=C(c1cc(F)ccc1Cl)N1[C@H]2CC[C@@H]1[C@@](CO)(Cc1ccccc1)C2. The van der Waals surface area contributed by atoms with Gasteiger partial charge < -0.3 is 10.0 Å². The molecule has 0 spiro atoms. The Morgan fingerprint density at radius 3 is 2.73 bits per heavy atom. The van der Waals surface area contributed by atoms with Crippen LogP contribution < -0.4 is 0 Å². The molecule has 4 rings (SSSR count). The van der Waals surface area contributed by atoms with Gasteiger partial charge in [0, 0.05) is 17.5 Å². The molecular weight excluding hydrogens is 353 g/mol. The lowest BCUT2D eigenvalue weighted by atomic mass is 9.70. The minimum Gasteiger partial charge on any atom is -0.396 e. The molecule has 0 unspecified atom stereocenters. The van der Waals surface area contributed by atoms with Gasteiger partial charge >= 0.3 is 0 Å². The predicted molar refractivity (Wildman–Crippen MR) is 98.7 cm³/mol. The number of amides is 1. The summed E-state index contributed by atoms with van der Waals surface area (Å²) < 4.78 is 13.6. The predicted octanol–water partition coefficient (Wildman–Crippen LogP) is 4.08. The maximum absolute atomic E-state index is 13.6. The topological polar surface area (TPSA) is 40.5 Å². The van der Waals surface area contributed by atoms with Crippen LogP contribution in [0.4, 0.5) is 4.39 Å². The van der Waals surface area contributed by atoms with E-state index in [4.69, 9.17) is 11.6 Å². The van der Waals surface area contributed by atoms with E-state index in [0.29, 0.717) is 0 Å². The molecule has 2 aromatic carbocycles. The Morgan fingerprint density at radius 1 is 1.23 bits per heavy atom. The monoisotopic (exact) mass is 373 g/mol. The van der Waals surface area contributed by atoms with Crippen molar-refractivity contribution in [3.05, 3.63) is 70.5 Å². The van der Waals surface area contributed by atoms with Crippen LogP contribution in [-0.4, -0.2) is 34.6 Å². The number of fused-ring (bicyclic) bond motifs is 2. The lowest BCUT2D eigenvalue weighted by Crippen LogP contribution is -2.44. The van der Waals surface area contributed by atoms with Gasteiger partial charge in [-0.1, -0.05) is 41.9 Å². The fraction of sp³-hybridized carbons (Fsp3) is 0.381. The number of aliphatic hydroxyl groups excluding tert-OH is 1. The Morgan fingerprint density at radius 2 is 2.00 bits per heavy atom. The third kappa shape index (κ3) is 2.81. The number of carbonyl (C=O) groups is 1. The molecule has 26 heavy (non-hydrogen) atoms. The quantitative estimate of drug-likeness (QED) is 0.877. The van der Waals surface area contributed by atoms with Gasteiger partial charge in [0.05, 0.1) is 17.2 Å². The van der Waals surface area contributed by atoms with Gasteiger partial charge in [-0.2, -0.15) is 0 Å². The zero-order valence-electron chi connectivity index (χ0n) is 14.4. The zero-order chi connectivity index (χ0) is 18.3. The molecule has 3 atom stereocenters. The molecule has 2 fully saturated rings. The van der Waals surface area contributed by atoms with E-state index in [1.165, 1.54) is 18.2 Å². The lowest BCUT2D eigenvalue weighted by molar-refractivity contribution is 0.0571. The number of aliphatic hydroxyl groups is 1. The Hall–Kier alpha value is -1.91. The highest BCUT2D eigenvalue weighted by Crippen LogP contribution is 2.52. The third-order valence-corrected chi connectivity index (χ3v) is 6.29. The highest BCUT2D eigenvalue weighted by Gasteiger charge is 2.57. The van der Waals surface area contributed by atoms with Gasteiger partial charge in [0.2, 0.25) is 0 Å². The third-order valence-electron chi connectivity index (χ3n) is 5.96. The van der Waals surface area contributed by atoms with Crippen LogP contribution in [0.3, 0.4) is 0 Å². The molecule has 3 nitrogen and oxygen atoms in total. The maximum atomic E-state index is 13.6. The molecule has 2 bridgehead atoms. The van der Waals surface area contributed by atoms with E-state index in [2.05, 4.69) is 12.1 Å². The fourth-order valence-corrected chi connectivity index (χ4v) is 5.01. The van der Waals surface area contributed by atoms with E-state index in [1.54, 1.807) is 0 Å². The van der Waals surface area contributed by atoms with Crippen LogP contribution in [0.25, 0.3) is 0 Å². The molecule has 0 aliphatic carbocycles. The van der Waals surface area contributed by atoms with Crippen molar-refractivity contribution in [3.8, 4) is 0 Å². The Kier molecular flexibility index (Phi) is 4.49. The first-order chi connectivity index (χ1) is 12.5. The first-order valence-corrected chi connectivity index (χ1v) is 9.34. The summed E-state index contributed by atoms with van der Waals surface area (Å²) in [5.74, 6) is -0.701. The second-order valence-electron chi connectivity index (χ2n) is 7.47. The first kappa shape index (κ1) is 17.5. The van der Waals surface area contributed by atoms with E-state index in [-0.39, 0.29) is 40.6 Å². The minimum absolute atomic E-state index is 0.0315. The smallest absolute Gasteiger partial charge is 0.255 e. The van der Waals surface area contributed by atoms with Crippen LogP contribution in [0.15, 0.2) is 48.5 Å². The van der Waals surface area contributed by atoms with E-state index in [9.17, 15) is 14.3 Å². The average molecular weight is 374 g/mol. The summed E-state index contributed by atoms with van der Waals surface area (Å²) in [6.45, 7) is 0.0315. The number of hydrogen-bond acceptors (Lipinski definition) is 2. The van der Waals surface area contributed by atoms with Crippen LogP contribution in [0, 0.1) is 11.2 Å².